The van der Waals surface area contributed by atoms with E-state index in [0.29, 0.717) is 34.8 Å². The van der Waals surface area contributed by atoms with Gasteiger partial charge in [0.1, 0.15) is 0 Å². The number of amides is 1. The average Bonchev–Trinajstić information content (AvgIpc) is 2.74. The van der Waals surface area contributed by atoms with Gasteiger partial charge in [-0.15, -0.1) is 0 Å². The Labute approximate surface area is 170 Å². The molecule has 1 saturated carbocycles. The smallest absolute Gasteiger partial charge is 0.274 e. The van der Waals surface area contributed by atoms with Crippen molar-refractivity contribution in [2.24, 2.45) is 11.8 Å². The molecule has 1 N–H and O–H groups in total. The molecule has 1 heterocycles. The molecule has 1 fully saturated rings. The molecule has 5 nitrogen and oxygen atoms in total. The Kier molecular flexibility index (Phi) is 5.47. The highest BCUT2D eigenvalue weighted by molar-refractivity contribution is 6.04. The van der Waals surface area contributed by atoms with Crippen LogP contribution in [0.1, 0.15) is 49.2 Å². The van der Waals surface area contributed by atoms with Crippen LogP contribution in [0.15, 0.2) is 59.4 Å². The van der Waals surface area contributed by atoms with Gasteiger partial charge in [0.15, 0.2) is 5.69 Å². The second kappa shape index (κ2) is 8.19. The van der Waals surface area contributed by atoms with Crippen molar-refractivity contribution in [1.29, 1.82) is 0 Å². The van der Waals surface area contributed by atoms with Gasteiger partial charge >= 0.3 is 0 Å². The molecule has 3 unspecified atom stereocenters. The first kappa shape index (κ1) is 19.4. The molecule has 0 saturated heterocycles. The SMILES string of the molecule is CC1CCCC(NC(=O)c2nn(Cc3ccccc3)c(=O)c3ccccc23)C1C. The van der Waals surface area contributed by atoms with Crippen molar-refractivity contribution in [3.8, 4) is 0 Å². The summed E-state index contributed by atoms with van der Waals surface area (Å²) < 4.78 is 1.40. The van der Waals surface area contributed by atoms with Crippen LogP contribution in [0.2, 0.25) is 0 Å². The van der Waals surface area contributed by atoms with Crippen LogP contribution < -0.4 is 10.9 Å². The van der Waals surface area contributed by atoms with Gasteiger partial charge in [-0.05, 0) is 29.9 Å². The van der Waals surface area contributed by atoms with Gasteiger partial charge in [0.2, 0.25) is 0 Å². The first-order chi connectivity index (χ1) is 14.0. The highest BCUT2D eigenvalue weighted by Gasteiger charge is 2.29. The third-order valence-electron chi connectivity index (χ3n) is 6.28. The highest BCUT2D eigenvalue weighted by Crippen LogP contribution is 2.29. The lowest BCUT2D eigenvalue weighted by molar-refractivity contribution is 0.0885. The van der Waals surface area contributed by atoms with Crippen LogP contribution in [0.4, 0.5) is 0 Å². The largest absolute Gasteiger partial charge is 0.348 e. The van der Waals surface area contributed by atoms with Crippen molar-refractivity contribution < 1.29 is 4.79 Å². The van der Waals surface area contributed by atoms with E-state index in [4.69, 9.17) is 0 Å². The van der Waals surface area contributed by atoms with Crippen molar-refractivity contribution in [3.63, 3.8) is 0 Å². The molecule has 0 radical (unpaired) electrons. The summed E-state index contributed by atoms with van der Waals surface area (Å²) >= 11 is 0. The number of hydrogen-bond donors (Lipinski definition) is 1. The normalized spacial score (nSPS) is 21.8. The van der Waals surface area contributed by atoms with Gasteiger partial charge in [-0.3, -0.25) is 9.59 Å². The monoisotopic (exact) mass is 389 g/mol. The van der Waals surface area contributed by atoms with Crippen molar-refractivity contribution in [2.45, 2.75) is 45.7 Å². The Hall–Kier alpha value is -2.95. The van der Waals surface area contributed by atoms with Gasteiger partial charge in [0.05, 0.1) is 11.9 Å². The van der Waals surface area contributed by atoms with Crippen LogP contribution in [0, 0.1) is 11.8 Å². The molecule has 3 aromatic rings. The van der Waals surface area contributed by atoms with Crippen LogP contribution in [0.25, 0.3) is 10.8 Å². The minimum absolute atomic E-state index is 0.140. The van der Waals surface area contributed by atoms with Crippen LogP contribution in [-0.2, 0) is 6.54 Å². The molecule has 4 rings (SSSR count). The average molecular weight is 389 g/mol. The Morgan fingerprint density at radius 3 is 2.48 bits per heavy atom. The molecule has 1 amide bonds. The number of carbonyl (C=O) groups excluding carboxylic acids is 1. The van der Waals surface area contributed by atoms with Crippen molar-refractivity contribution in [1.82, 2.24) is 15.1 Å². The topological polar surface area (TPSA) is 64.0 Å². The predicted molar refractivity (Wildman–Crippen MR) is 115 cm³/mol. The summed E-state index contributed by atoms with van der Waals surface area (Å²) in [6.45, 7) is 4.79. The standard InChI is InChI=1S/C24H27N3O2/c1-16-9-8-14-21(17(16)2)25-23(28)22-19-12-6-7-13-20(19)24(29)27(26-22)15-18-10-4-3-5-11-18/h3-7,10-13,16-17,21H,8-9,14-15H2,1-2H3,(H,25,28). The molecule has 2 aromatic carbocycles. The zero-order valence-electron chi connectivity index (χ0n) is 17.0. The highest BCUT2D eigenvalue weighted by atomic mass is 16.2. The molecule has 29 heavy (non-hydrogen) atoms. The van der Waals surface area contributed by atoms with Crippen molar-refractivity contribution >= 4 is 16.7 Å². The molecule has 0 bridgehead atoms. The molecule has 0 aliphatic heterocycles. The molecule has 150 valence electrons. The summed E-state index contributed by atoms with van der Waals surface area (Å²) in [4.78, 5) is 26.2. The summed E-state index contributed by atoms with van der Waals surface area (Å²) in [7, 11) is 0. The van der Waals surface area contributed by atoms with E-state index in [0.717, 1.165) is 18.4 Å². The van der Waals surface area contributed by atoms with Gasteiger partial charge in [0, 0.05) is 11.4 Å². The van der Waals surface area contributed by atoms with E-state index in [-0.39, 0.29) is 17.5 Å². The van der Waals surface area contributed by atoms with E-state index in [1.54, 1.807) is 12.1 Å². The fraction of sp³-hybridized carbons (Fsp3) is 0.375. The van der Waals surface area contributed by atoms with Gasteiger partial charge in [0.25, 0.3) is 11.5 Å². The summed E-state index contributed by atoms with van der Waals surface area (Å²) in [6, 6.07) is 17.1. The fourth-order valence-corrected chi connectivity index (χ4v) is 4.29. The van der Waals surface area contributed by atoms with Gasteiger partial charge in [-0.1, -0.05) is 75.2 Å². The minimum Gasteiger partial charge on any atom is -0.348 e. The maximum Gasteiger partial charge on any atom is 0.274 e. The number of aromatic nitrogens is 2. The minimum atomic E-state index is -0.200. The van der Waals surface area contributed by atoms with E-state index in [2.05, 4.69) is 24.3 Å². The van der Waals surface area contributed by atoms with E-state index >= 15 is 0 Å². The van der Waals surface area contributed by atoms with Crippen LogP contribution in [-0.4, -0.2) is 21.7 Å². The Morgan fingerprint density at radius 1 is 1.03 bits per heavy atom. The first-order valence-corrected chi connectivity index (χ1v) is 10.4. The Morgan fingerprint density at radius 2 is 1.72 bits per heavy atom. The Balaban J connectivity index is 1.72. The van der Waals surface area contributed by atoms with E-state index in [9.17, 15) is 9.59 Å². The number of benzene rings is 2. The van der Waals surface area contributed by atoms with Crippen LogP contribution in [0.3, 0.4) is 0 Å². The summed E-state index contributed by atoms with van der Waals surface area (Å²) in [5, 5.41) is 8.83. The maximum absolute atomic E-state index is 13.2. The van der Waals surface area contributed by atoms with Crippen LogP contribution in [0.5, 0.6) is 0 Å². The van der Waals surface area contributed by atoms with Crippen molar-refractivity contribution in [2.75, 3.05) is 0 Å². The second-order valence-electron chi connectivity index (χ2n) is 8.19. The molecular weight excluding hydrogens is 362 g/mol. The summed E-state index contributed by atoms with van der Waals surface area (Å²) in [5.41, 5.74) is 1.11. The van der Waals surface area contributed by atoms with Crippen LogP contribution >= 0.6 is 0 Å². The lowest BCUT2D eigenvalue weighted by Crippen LogP contribution is -2.44. The third kappa shape index (κ3) is 3.95. The lowest BCUT2D eigenvalue weighted by atomic mass is 9.78. The van der Waals surface area contributed by atoms with Gasteiger partial charge < -0.3 is 5.32 Å². The molecule has 0 spiro atoms. The maximum atomic E-state index is 13.2. The molecule has 5 heteroatoms. The molecular formula is C24H27N3O2. The Bertz CT molecular complexity index is 1070. The lowest BCUT2D eigenvalue weighted by Gasteiger charge is -2.34. The quantitative estimate of drug-likeness (QED) is 0.734. The number of fused-ring (bicyclic) bond motifs is 1. The third-order valence-corrected chi connectivity index (χ3v) is 6.28. The number of rotatable bonds is 4. The molecule has 1 aliphatic carbocycles. The fourth-order valence-electron chi connectivity index (χ4n) is 4.29. The summed E-state index contributed by atoms with van der Waals surface area (Å²) in [6.07, 6.45) is 3.31. The number of carbonyl (C=O) groups is 1. The van der Waals surface area contributed by atoms with Crippen molar-refractivity contribution in [3.05, 3.63) is 76.2 Å². The first-order valence-electron chi connectivity index (χ1n) is 10.4. The molecule has 1 aliphatic rings. The predicted octanol–water partition coefficient (Wildman–Crippen LogP) is 4.00. The second-order valence-corrected chi connectivity index (χ2v) is 8.19. The van der Waals surface area contributed by atoms with E-state index in [1.165, 1.54) is 11.1 Å². The van der Waals surface area contributed by atoms with E-state index < -0.39 is 0 Å². The molecule has 3 atom stereocenters. The number of nitrogens with zero attached hydrogens (tertiary/aromatic N) is 2. The van der Waals surface area contributed by atoms with Gasteiger partial charge in [-0.2, -0.15) is 5.10 Å². The number of nitrogens with one attached hydrogen (secondary N) is 1. The summed E-state index contributed by atoms with van der Waals surface area (Å²) in [5.74, 6) is 0.814. The molecule has 1 aromatic heterocycles. The van der Waals surface area contributed by atoms with Gasteiger partial charge in [-0.25, -0.2) is 4.68 Å². The zero-order chi connectivity index (χ0) is 20.4. The van der Waals surface area contributed by atoms with E-state index in [1.807, 2.05) is 42.5 Å². The zero-order valence-corrected chi connectivity index (χ0v) is 17.0. The number of hydrogen-bond acceptors (Lipinski definition) is 3.